The maximum atomic E-state index is 11.9. The molecule has 0 amide bonds. The Bertz CT molecular complexity index is 1300. The second kappa shape index (κ2) is 8.96. The van der Waals surface area contributed by atoms with E-state index in [0.29, 0.717) is 18.8 Å². The number of hydrogen-bond acceptors (Lipinski definition) is 4. The molecule has 1 unspecified atom stereocenters. The van der Waals surface area contributed by atoms with Gasteiger partial charge in [-0.2, -0.15) is 0 Å². The lowest BCUT2D eigenvalue weighted by Gasteiger charge is -2.37. The molecular formula is C28H26N2O3. The number of ether oxygens (including phenoxy) is 1. The van der Waals surface area contributed by atoms with Crippen molar-refractivity contribution in [2.75, 3.05) is 18.0 Å². The molecule has 1 heterocycles. The molecule has 4 aromatic carbocycles. The van der Waals surface area contributed by atoms with E-state index in [9.17, 15) is 9.90 Å². The van der Waals surface area contributed by atoms with E-state index in [1.807, 2.05) is 36.4 Å². The molecule has 5 heteroatoms. The summed E-state index contributed by atoms with van der Waals surface area (Å²) in [6, 6.07) is 29.8. The third-order valence-corrected chi connectivity index (χ3v) is 6.20. The van der Waals surface area contributed by atoms with Crippen LogP contribution in [-0.2, 0) is 0 Å². The molecule has 0 aromatic heterocycles. The normalized spacial score (nSPS) is 16.2. The van der Waals surface area contributed by atoms with Crippen molar-refractivity contribution < 1.29 is 14.6 Å². The van der Waals surface area contributed by atoms with Gasteiger partial charge in [-0.25, -0.2) is 4.79 Å². The smallest absolute Gasteiger partial charge is 0.337 e. The summed E-state index contributed by atoms with van der Waals surface area (Å²) in [5.74, 6) is -0.178. The Balaban J connectivity index is 1.39. The van der Waals surface area contributed by atoms with Gasteiger partial charge >= 0.3 is 5.97 Å². The Morgan fingerprint density at radius 3 is 2.52 bits per heavy atom. The number of hydrogen-bond donors (Lipinski definition) is 2. The van der Waals surface area contributed by atoms with Gasteiger partial charge in [0.05, 0.1) is 23.5 Å². The summed E-state index contributed by atoms with van der Waals surface area (Å²) in [4.78, 5) is 13.9. The molecule has 166 valence electrons. The fourth-order valence-corrected chi connectivity index (χ4v) is 4.57. The molecule has 4 aromatic rings. The van der Waals surface area contributed by atoms with Gasteiger partial charge in [0.2, 0.25) is 0 Å². The van der Waals surface area contributed by atoms with Crippen molar-refractivity contribution in [1.82, 2.24) is 5.32 Å². The van der Waals surface area contributed by atoms with Crippen molar-refractivity contribution in [3.63, 3.8) is 0 Å². The van der Waals surface area contributed by atoms with Gasteiger partial charge in [-0.3, -0.25) is 0 Å². The van der Waals surface area contributed by atoms with Crippen LogP contribution >= 0.6 is 0 Å². The molecule has 0 saturated heterocycles. The first kappa shape index (κ1) is 21.0. The summed E-state index contributed by atoms with van der Waals surface area (Å²) in [6.07, 6.45) is -0.140. The number of nitrogens with one attached hydrogen (secondary N) is 1. The molecule has 0 saturated carbocycles. The fraction of sp³-hybridized carbons (Fsp3) is 0.179. The Labute approximate surface area is 193 Å². The largest absolute Gasteiger partial charge is 0.485 e. The summed E-state index contributed by atoms with van der Waals surface area (Å²) in [5, 5.41) is 15.8. The number of nitrogens with zero attached hydrogens (tertiary/aromatic N) is 1. The molecular weight excluding hydrogens is 412 g/mol. The van der Waals surface area contributed by atoms with Gasteiger partial charge in [0, 0.05) is 12.6 Å². The monoisotopic (exact) mass is 438 g/mol. The van der Waals surface area contributed by atoms with E-state index in [1.165, 1.54) is 16.3 Å². The van der Waals surface area contributed by atoms with Crippen LogP contribution in [0, 0.1) is 0 Å². The maximum absolute atomic E-state index is 11.9. The van der Waals surface area contributed by atoms with Gasteiger partial charge in [0.1, 0.15) is 11.9 Å². The Hall–Kier alpha value is -3.83. The average molecular weight is 439 g/mol. The number of fused-ring (bicyclic) bond motifs is 2. The summed E-state index contributed by atoms with van der Waals surface area (Å²) in [7, 11) is 0. The summed E-state index contributed by atoms with van der Waals surface area (Å²) in [5.41, 5.74) is 3.08. The van der Waals surface area contributed by atoms with E-state index in [2.05, 4.69) is 59.6 Å². The minimum absolute atomic E-state index is 0.136. The van der Waals surface area contributed by atoms with Crippen molar-refractivity contribution in [2.45, 2.75) is 19.1 Å². The predicted octanol–water partition coefficient (Wildman–Crippen LogP) is 5.79. The number of rotatable bonds is 6. The first-order valence-corrected chi connectivity index (χ1v) is 11.2. The molecule has 1 aliphatic rings. The Kier molecular flexibility index (Phi) is 5.71. The van der Waals surface area contributed by atoms with Crippen LogP contribution in [0.15, 0.2) is 91.0 Å². The fourth-order valence-electron chi connectivity index (χ4n) is 4.57. The van der Waals surface area contributed by atoms with E-state index in [1.54, 1.807) is 12.1 Å². The highest BCUT2D eigenvalue weighted by Crippen LogP contribution is 2.39. The van der Waals surface area contributed by atoms with Gasteiger partial charge in [-0.1, -0.05) is 66.7 Å². The predicted molar refractivity (Wildman–Crippen MR) is 132 cm³/mol. The molecule has 0 bridgehead atoms. The van der Waals surface area contributed by atoms with Crippen molar-refractivity contribution in [3.05, 3.63) is 102 Å². The molecule has 5 nitrogen and oxygen atoms in total. The van der Waals surface area contributed by atoms with Gasteiger partial charge in [-0.15, -0.1) is 0 Å². The zero-order chi connectivity index (χ0) is 22.8. The van der Waals surface area contributed by atoms with E-state index in [0.717, 1.165) is 11.4 Å². The van der Waals surface area contributed by atoms with E-state index in [-0.39, 0.29) is 17.7 Å². The van der Waals surface area contributed by atoms with Gasteiger partial charge in [0.25, 0.3) is 0 Å². The average Bonchev–Trinajstić information content (AvgIpc) is 2.86. The van der Waals surface area contributed by atoms with E-state index < -0.39 is 5.97 Å². The third kappa shape index (κ3) is 4.15. The van der Waals surface area contributed by atoms with Gasteiger partial charge < -0.3 is 20.1 Å². The van der Waals surface area contributed by atoms with Gasteiger partial charge in [0.15, 0.2) is 0 Å². The van der Waals surface area contributed by atoms with Crippen LogP contribution in [0.1, 0.15) is 28.9 Å². The lowest BCUT2D eigenvalue weighted by atomic mass is 9.99. The topological polar surface area (TPSA) is 61.8 Å². The molecule has 33 heavy (non-hydrogen) atoms. The molecule has 0 aliphatic carbocycles. The molecule has 0 fully saturated rings. The highest BCUT2D eigenvalue weighted by atomic mass is 16.5. The molecule has 0 spiro atoms. The number of carboxylic acids is 1. The zero-order valence-corrected chi connectivity index (χ0v) is 18.4. The number of aromatic carboxylic acids is 1. The van der Waals surface area contributed by atoms with Crippen molar-refractivity contribution >= 4 is 28.1 Å². The van der Waals surface area contributed by atoms with Crippen molar-refractivity contribution in [3.8, 4) is 5.75 Å². The van der Waals surface area contributed by atoms with Crippen LogP contribution in [0.5, 0.6) is 5.75 Å². The third-order valence-electron chi connectivity index (χ3n) is 6.20. The minimum atomic E-state index is -0.936. The Morgan fingerprint density at radius 1 is 0.970 bits per heavy atom. The lowest BCUT2D eigenvalue weighted by Crippen LogP contribution is -2.44. The molecule has 0 radical (unpaired) electrons. The summed E-state index contributed by atoms with van der Waals surface area (Å²) < 4.78 is 6.31. The minimum Gasteiger partial charge on any atom is -0.485 e. The summed E-state index contributed by atoms with van der Waals surface area (Å²) in [6.45, 7) is 3.34. The van der Waals surface area contributed by atoms with Crippen LogP contribution in [0.3, 0.4) is 0 Å². The van der Waals surface area contributed by atoms with Gasteiger partial charge in [-0.05, 0) is 47.5 Å². The number of carbonyl (C=O) groups is 1. The first-order chi connectivity index (χ1) is 16.1. The molecule has 2 N–H and O–H groups in total. The standard InChI is InChI=1S/C28H26N2O3/c1-19(22-13-8-10-20-9-2-3-11-23(20)22)29-17-21-18-30(26-15-6-7-16-27(26)33-21)25-14-5-4-12-24(25)28(31)32/h2-16,19,21,29H,17-18H2,1H3,(H,31,32)/t19-,21?/m1/s1. The van der Waals surface area contributed by atoms with E-state index in [4.69, 9.17) is 4.74 Å². The van der Waals surface area contributed by atoms with Crippen LogP contribution < -0.4 is 15.0 Å². The van der Waals surface area contributed by atoms with Crippen molar-refractivity contribution in [1.29, 1.82) is 0 Å². The number of para-hydroxylation sites is 3. The van der Waals surface area contributed by atoms with Crippen LogP contribution in [-0.4, -0.2) is 30.3 Å². The molecule has 1 aliphatic heterocycles. The lowest BCUT2D eigenvalue weighted by molar-refractivity contribution is 0.0697. The van der Waals surface area contributed by atoms with E-state index >= 15 is 0 Å². The highest BCUT2D eigenvalue weighted by Gasteiger charge is 2.29. The molecule has 5 rings (SSSR count). The highest BCUT2D eigenvalue weighted by molar-refractivity contribution is 5.96. The Morgan fingerprint density at radius 2 is 1.67 bits per heavy atom. The quantitative estimate of drug-likeness (QED) is 0.399. The van der Waals surface area contributed by atoms with Crippen LogP contribution in [0.4, 0.5) is 11.4 Å². The summed E-state index contributed by atoms with van der Waals surface area (Å²) >= 11 is 0. The van der Waals surface area contributed by atoms with Crippen molar-refractivity contribution in [2.24, 2.45) is 0 Å². The maximum Gasteiger partial charge on any atom is 0.337 e. The van der Waals surface area contributed by atoms with Crippen LogP contribution in [0.2, 0.25) is 0 Å². The number of benzene rings is 4. The molecule has 2 atom stereocenters. The second-order valence-corrected chi connectivity index (χ2v) is 8.34. The zero-order valence-electron chi connectivity index (χ0n) is 18.4. The first-order valence-electron chi connectivity index (χ1n) is 11.2. The second-order valence-electron chi connectivity index (χ2n) is 8.34. The van der Waals surface area contributed by atoms with Crippen LogP contribution in [0.25, 0.3) is 10.8 Å². The number of anilines is 2. The number of carboxylic acid groups (broad SMARTS) is 1. The SMILES string of the molecule is C[C@@H](NCC1CN(c2ccccc2C(=O)O)c2ccccc2O1)c1cccc2ccccc12.